The summed E-state index contributed by atoms with van der Waals surface area (Å²) in [5.41, 5.74) is 4.47. The number of benzene rings is 1. The number of H-pyrrole nitrogens is 1. The second kappa shape index (κ2) is 5.81. The van der Waals surface area contributed by atoms with E-state index in [2.05, 4.69) is 20.3 Å². The number of anilines is 2. The van der Waals surface area contributed by atoms with Crippen molar-refractivity contribution in [2.75, 3.05) is 5.32 Å². The number of aromatic nitrogens is 3. The van der Waals surface area contributed by atoms with Gasteiger partial charge >= 0.3 is 0 Å². The molecule has 0 aliphatic carbocycles. The third kappa shape index (κ3) is 3.03. The molecule has 5 nitrogen and oxygen atoms in total. The van der Waals surface area contributed by atoms with Crippen molar-refractivity contribution in [2.45, 2.75) is 13.8 Å². The Morgan fingerprint density at radius 2 is 1.68 bits per heavy atom. The Labute approximate surface area is 128 Å². The maximum absolute atomic E-state index is 11.4. The number of aromatic amines is 1. The van der Waals surface area contributed by atoms with Gasteiger partial charge in [-0.15, -0.1) is 0 Å². The normalized spacial score (nSPS) is 10.5. The van der Waals surface area contributed by atoms with E-state index < -0.39 is 0 Å². The summed E-state index contributed by atoms with van der Waals surface area (Å²) in [5, 5.41) is 3.15. The highest BCUT2D eigenvalue weighted by Gasteiger charge is 2.03. The zero-order chi connectivity index (χ0) is 15.5. The van der Waals surface area contributed by atoms with E-state index in [0.717, 1.165) is 16.8 Å². The lowest BCUT2D eigenvalue weighted by atomic mass is 10.1. The smallest absolute Gasteiger partial charge is 0.250 e. The molecule has 1 aromatic carbocycles. The number of rotatable bonds is 3. The van der Waals surface area contributed by atoms with Gasteiger partial charge in [-0.2, -0.15) is 0 Å². The number of hydrogen-bond acceptors (Lipinski definition) is 4. The molecular weight excluding hydrogens is 276 g/mol. The SMILES string of the molecule is Cc1ccc(Nc2ncc(-c3c[nH]c(=O)c(C)c3)cn2)cc1. The van der Waals surface area contributed by atoms with Crippen LogP contribution >= 0.6 is 0 Å². The van der Waals surface area contributed by atoms with Crippen molar-refractivity contribution in [3.63, 3.8) is 0 Å². The van der Waals surface area contributed by atoms with Gasteiger partial charge in [0.15, 0.2) is 0 Å². The summed E-state index contributed by atoms with van der Waals surface area (Å²) in [4.78, 5) is 22.7. The van der Waals surface area contributed by atoms with Crippen molar-refractivity contribution >= 4 is 11.6 Å². The van der Waals surface area contributed by atoms with Gasteiger partial charge in [0.2, 0.25) is 5.95 Å². The molecule has 0 unspecified atom stereocenters. The molecule has 3 rings (SSSR count). The third-order valence-electron chi connectivity index (χ3n) is 3.38. The van der Waals surface area contributed by atoms with Gasteiger partial charge < -0.3 is 10.3 Å². The van der Waals surface area contributed by atoms with Gasteiger partial charge in [-0.3, -0.25) is 4.79 Å². The summed E-state index contributed by atoms with van der Waals surface area (Å²) < 4.78 is 0. The molecule has 0 atom stereocenters. The van der Waals surface area contributed by atoms with E-state index in [1.807, 2.05) is 37.3 Å². The number of pyridine rings is 1. The summed E-state index contributed by atoms with van der Waals surface area (Å²) >= 11 is 0. The lowest BCUT2D eigenvalue weighted by Crippen LogP contribution is -2.08. The van der Waals surface area contributed by atoms with Crippen LogP contribution in [0.5, 0.6) is 0 Å². The van der Waals surface area contributed by atoms with Gasteiger partial charge in [0.25, 0.3) is 5.56 Å². The molecule has 0 aliphatic rings. The molecule has 0 spiro atoms. The quantitative estimate of drug-likeness (QED) is 0.777. The lowest BCUT2D eigenvalue weighted by Gasteiger charge is -2.06. The van der Waals surface area contributed by atoms with Crippen LogP contribution in [0.4, 0.5) is 11.6 Å². The first-order chi connectivity index (χ1) is 10.6. The molecule has 110 valence electrons. The van der Waals surface area contributed by atoms with E-state index in [0.29, 0.717) is 11.5 Å². The summed E-state index contributed by atoms with van der Waals surface area (Å²) in [7, 11) is 0. The van der Waals surface area contributed by atoms with E-state index in [-0.39, 0.29) is 5.56 Å². The molecule has 3 aromatic rings. The van der Waals surface area contributed by atoms with Crippen LogP contribution in [-0.4, -0.2) is 15.0 Å². The van der Waals surface area contributed by atoms with Crippen molar-refractivity contribution < 1.29 is 0 Å². The molecule has 0 fully saturated rings. The Hall–Kier alpha value is -2.95. The molecule has 2 heterocycles. The zero-order valence-electron chi connectivity index (χ0n) is 12.4. The van der Waals surface area contributed by atoms with Gasteiger partial charge in [0.1, 0.15) is 0 Å². The minimum atomic E-state index is -0.0812. The van der Waals surface area contributed by atoms with E-state index in [4.69, 9.17) is 0 Å². The van der Waals surface area contributed by atoms with Crippen molar-refractivity contribution in [1.29, 1.82) is 0 Å². The molecule has 22 heavy (non-hydrogen) atoms. The standard InChI is InChI=1S/C17H16N4O/c1-11-3-5-15(6-4-11)21-17-19-9-14(10-20-17)13-7-12(2)16(22)18-8-13/h3-10H,1-2H3,(H,18,22)(H,19,20,21). The number of hydrogen-bond donors (Lipinski definition) is 2. The number of aryl methyl sites for hydroxylation is 2. The van der Waals surface area contributed by atoms with Gasteiger partial charge in [-0.25, -0.2) is 9.97 Å². The van der Waals surface area contributed by atoms with Crippen molar-refractivity contribution in [3.8, 4) is 11.1 Å². The molecule has 0 saturated heterocycles. The molecule has 0 amide bonds. The third-order valence-corrected chi connectivity index (χ3v) is 3.38. The minimum absolute atomic E-state index is 0.0812. The Balaban J connectivity index is 1.81. The van der Waals surface area contributed by atoms with Gasteiger partial charge in [-0.05, 0) is 32.0 Å². The topological polar surface area (TPSA) is 70.7 Å². The fourth-order valence-corrected chi connectivity index (χ4v) is 2.07. The molecule has 0 saturated carbocycles. The highest BCUT2D eigenvalue weighted by Crippen LogP contribution is 2.18. The van der Waals surface area contributed by atoms with Crippen LogP contribution in [0.15, 0.2) is 53.7 Å². The molecule has 2 N–H and O–H groups in total. The lowest BCUT2D eigenvalue weighted by molar-refractivity contribution is 1.15. The predicted molar refractivity (Wildman–Crippen MR) is 87.3 cm³/mol. The molecule has 2 aromatic heterocycles. The van der Waals surface area contributed by atoms with Gasteiger partial charge in [0, 0.05) is 41.0 Å². The van der Waals surface area contributed by atoms with Crippen molar-refractivity contribution in [2.24, 2.45) is 0 Å². The highest BCUT2D eigenvalue weighted by molar-refractivity contribution is 5.62. The molecule has 0 radical (unpaired) electrons. The average Bonchev–Trinajstić information content (AvgIpc) is 2.53. The Bertz CT molecular complexity index is 836. The summed E-state index contributed by atoms with van der Waals surface area (Å²) in [5.74, 6) is 0.536. The molecule has 0 bridgehead atoms. The van der Waals surface area contributed by atoms with E-state index >= 15 is 0 Å². The molecule has 0 aliphatic heterocycles. The van der Waals surface area contributed by atoms with E-state index in [9.17, 15) is 4.79 Å². The fraction of sp³-hybridized carbons (Fsp3) is 0.118. The maximum atomic E-state index is 11.4. The molecular formula is C17H16N4O. The fourth-order valence-electron chi connectivity index (χ4n) is 2.07. The van der Waals surface area contributed by atoms with E-state index in [1.165, 1.54) is 5.56 Å². The first-order valence-electron chi connectivity index (χ1n) is 6.97. The first-order valence-corrected chi connectivity index (χ1v) is 6.97. The Kier molecular flexibility index (Phi) is 3.70. The molecule has 5 heteroatoms. The summed E-state index contributed by atoms with van der Waals surface area (Å²) in [6.07, 6.45) is 5.13. The van der Waals surface area contributed by atoms with Gasteiger partial charge in [-0.1, -0.05) is 17.7 Å². The second-order valence-electron chi connectivity index (χ2n) is 5.19. The summed E-state index contributed by atoms with van der Waals surface area (Å²) in [6.45, 7) is 3.82. The van der Waals surface area contributed by atoms with Crippen LogP contribution in [0.2, 0.25) is 0 Å². The predicted octanol–water partition coefficient (Wildman–Crippen LogP) is 3.19. The van der Waals surface area contributed by atoms with Crippen LogP contribution in [0.25, 0.3) is 11.1 Å². The first kappa shape index (κ1) is 14.0. The van der Waals surface area contributed by atoms with Crippen LogP contribution < -0.4 is 10.9 Å². The van der Waals surface area contributed by atoms with Crippen molar-refractivity contribution in [1.82, 2.24) is 15.0 Å². The summed E-state index contributed by atoms with van der Waals surface area (Å²) in [6, 6.07) is 9.85. The number of nitrogens with zero attached hydrogens (tertiary/aromatic N) is 2. The van der Waals surface area contributed by atoms with Crippen LogP contribution in [0.1, 0.15) is 11.1 Å². The van der Waals surface area contributed by atoms with Gasteiger partial charge in [0.05, 0.1) is 0 Å². The number of nitrogens with one attached hydrogen (secondary N) is 2. The average molecular weight is 292 g/mol. The highest BCUT2D eigenvalue weighted by atomic mass is 16.1. The second-order valence-corrected chi connectivity index (χ2v) is 5.19. The van der Waals surface area contributed by atoms with E-state index in [1.54, 1.807) is 25.5 Å². The Morgan fingerprint density at radius 3 is 2.32 bits per heavy atom. The zero-order valence-corrected chi connectivity index (χ0v) is 12.4. The van der Waals surface area contributed by atoms with Crippen molar-refractivity contribution in [3.05, 3.63) is 70.4 Å². The van der Waals surface area contributed by atoms with Crippen LogP contribution in [-0.2, 0) is 0 Å². The minimum Gasteiger partial charge on any atom is -0.328 e. The Morgan fingerprint density at radius 1 is 1.00 bits per heavy atom. The maximum Gasteiger partial charge on any atom is 0.250 e. The van der Waals surface area contributed by atoms with Crippen LogP contribution in [0.3, 0.4) is 0 Å². The van der Waals surface area contributed by atoms with Crippen LogP contribution in [0, 0.1) is 13.8 Å². The largest absolute Gasteiger partial charge is 0.328 e. The monoisotopic (exact) mass is 292 g/mol.